The van der Waals surface area contributed by atoms with Gasteiger partial charge in [0, 0.05) is 30.7 Å². The summed E-state index contributed by atoms with van der Waals surface area (Å²) in [7, 11) is 0. The fraction of sp³-hybridized carbons (Fsp3) is 0.478. The number of pyridine rings is 2. The first-order valence-corrected chi connectivity index (χ1v) is 11.1. The molecular weight excluding hydrogens is 451 g/mol. The van der Waals surface area contributed by atoms with Crippen molar-refractivity contribution < 1.29 is 27.8 Å². The van der Waals surface area contributed by atoms with E-state index >= 15 is 0 Å². The van der Waals surface area contributed by atoms with Crippen molar-refractivity contribution >= 4 is 16.8 Å². The van der Waals surface area contributed by atoms with E-state index in [2.05, 4.69) is 20.4 Å². The number of nitrogens with zero attached hydrogens (tertiary/aromatic N) is 4. The molecule has 0 bridgehead atoms. The number of halogens is 3. The summed E-state index contributed by atoms with van der Waals surface area (Å²) in [5.74, 6) is -0.456. The first kappa shape index (κ1) is 23.9. The minimum absolute atomic E-state index is 0.0746. The Balaban J connectivity index is 1.46. The molecule has 8 nitrogen and oxygen atoms in total. The van der Waals surface area contributed by atoms with Crippen molar-refractivity contribution in [3.63, 3.8) is 0 Å². The predicted octanol–water partition coefficient (Wildman–Crippen LogP) is 3.55. The quantitative estimate of drug-likeness (QED) is 0.540. The van der Waals surface area contributed by atoms with E-state index in [9.17, 15) is 23.1 Å². The minimum atomic E-state index is -4.44. The largest absolute Gasteiger partial charge is 0.468 e. The number of carbonyl (C=O) groups excluding carboxylic acids is 1. The fourth-order valence-corrected chi connectivity index (χ4v) is 4.17. The predicted molar refractivity (Wildman–Crippen MR) is 118 cm³/mol. The molecule has 3 aromatic rings. The molecule has 1 aliphatic rings. The van der Waals surface area contributed by atoms with Gasteiger partial charge in [-0.3, -0.25) is 14.5 Å². The number of rotatable bonds is 7. The molecule has 0 unspecified atom stereocenters. The van der Waals surface area contributed by atoms with Gasteiger partial charge in [-0.05, 0) is 37.5 Å². The third-order valence-electron chi connectivity index (χ3n) is 5.86. The van der Waals surface area contributed by atoms with E-state index in [4.69, 9.17) is 4.74 Å². The molecule has 0 aromatic carbocycles. The summed E-state index contributed by atoms with van der Waals surface area (Å²) < 4.78 is 43.5. The van der Waals surface area contributed by atoms with Gasteiger partial charge in [0.05, 0.1) is 23.0 Å². The summed E-state index contributed by atoms with van der Waals surface area (Å²) in [6, 6.07) is 3.37. The van der Waals surface area contributed by atoms with Crippen LogP contribution in [-0.2, 0) is 6.54 Å². The zero-order chi connectivity index (χ0) is 24.3. The number of ether oxygens (including phenoxy) is 1. The summed E-state index contributed by atoms with van der Waals surface area (Å²) in [6.45, 7) is 0.684. The molecule has 1 saturated carbocycles. The highest BCUT2D eigenvalue weighted by Crippen LogP contribution is 2.27. The number of aryl methyl sites for hydroxylation is 1. The SMILES string of the molecule is Cc1cc(Cn2cc3c(C(=O)NCC4(O)CCCCC4)nccc3n2)cnc1OCC(F)(F)F. The van der Waals surface area contributed by atoms with Crippen LogP contribution in [0.2, 0.25) is 0 Å². The van der Waals surface area contributed by atoms with Crippen LogP contribution in [0, 0.1) is 6.92 Å². The molecule has 2 N–H and O–H groups in total. The lowest BCUT2D eigenvalue weighted by molar-refractivity contribution is -0.154. The molecular formula is C23H26F3N5O3. The van der Waals surface area contributed by atoms with Crippen molar-refractivity contribution in [2.45, 2.75) is 57.3 Å². The van der Waals surface area contributed by atoms with Crippen LogP contribution in [0.1, 0.15) is 53.7 Å². The Morgan fingerprint density at radius 3 is 2.74 bits per heavy atom. The standard InChI is InChI=1S/C23H26F3N5O3/c1-15-9-16(10-28-21(15)34-14-23(24,25)26)11-31-12-17-18(30-31)5-8-27-19(17)20(32)29-13-22(33)6-3-2-4-7-22/h5,8-10,12,33H,2-4,6-7,11,13-14H2,1H3,(H,29,32). The lowest BCUT2D eigenvalue weighted by atomic mass is 9.85. The van der Waals surface area contributed by atoms with Gasteiger partial charge in [0.1, 0.15) is 5.69 Å². The molecule has 0 atom stereocenters. The number of aliphatic hydroxyl groups is 1. The van der Waals surface area contributed by atoms with Crippen LogP contribution in [0.4, 0.5) is 13.2 Å². The number of nitrogens with one attached hydrogen (secondary N) is 1. The van der Waals surface area contributed by atoms with Gasteiger partial charge in [0.15, 0.2) is 6.61 Å². The highest BCUT2D eigenvalue weighted by atomic mass is 19.4. The maximum absolute atomic E-state index is 12.8. The third-order valence-corrected chi connectivity index (χ3v) is 5.86. The molecule has 0 saturated heterocycles. The molecule has 0 radical (unpaired) electrons. The van der Waals surface area contributed by atoms with E-state index in [-0.39, 0.29) is 24.0 Å². The zero-order valence-electron chi connectivity index (χ0n) is 18.7. The molecule has 3 aromatic heterocycles. The normalized spacial score (nSPS) is 15.9. The lowest BCUT2D eigenvalue weighted by Crippen LogP contribution is -2.44. The van der Waals surface area contributed by atoms with Crippen LogP contribution < -0.4 is 10.1 Å². The van der Waals surface area contributed by atoms with Gasteiger partial charge >= 0.3 is 6.18 Å². The van der Waals surface area contributed by atoms with Crippen molar-refractivity contribution in [3.05, 3.63) is 47.5 Å². The maximum Gasteiger partial charge on any atom is 0.422 e. The zero-order valence-corrected chi connectivity index (χ0v) is 18.7. The van der Waals surface area contributed by atoms with Crippen LogP contribution in [-0.4, -0.2) is 55.7 Å². The summed E-state index contributed by atoms with van der Waals surface area (Å²) in [5.41, 5.74) is 1.09. The summed E-state index contributed by atoms with van der Waals surface area (Å²) >= 11 is 0. The average molecular weight is 477 g/mol. The van der Waals surface area contributed by atoms with Gasteiger partial charge in [0.2, 0.25) is 5.88 Å². The Morgan fingerprint density at radius 2 is 2.03 bits per heavy atom. The number of amides is 1. The molecule has 182 valence electrons. The first-order chi connectivity index (χ1) is 16.1. The summed E-state index contributed by atoms with van der Waals surface area (Å²) in [6.07, 6.45) is 4.49. The minimum Gasteiger partial charge on any atom is -0.468 e. The molecule has 0 aliphatic heterocycles. The molecule has 11 heteroatoms. The Hall–Kier alpha value is -3.21. The highest BCUT2D eigenvalue weighted by Gasteiger charge is 2.30. The Bertz CT molecular complexity index is 1170. The smallest absolute Gasteiger partial charge is 0.422 e. The van der Waals surface area contributed by atoms with Gasteiger partial charge in [0.25, 0.3) is 5.91 Å². The van der Waals surface area contributed by atoms with Crippen molar-refractivity contribution in [3.8, 4) is 5.88 Å². The highest BCUT2D eigenvalue weighted by molar-refractivity contribution is 6.04. The number of alkyl halides is 3. The van der Waals surface area contributed by atoms with Crippen LogP contribution >= 0.6 is 0 Å². The Morgan fingerprint density at radius 1 is 1.26 bits per heavy atom. The lowest BCUT2D eigenvalue weighted by Gasteiger charge is -2.32. The molecule has 1 amide bonds. The van der Waals surface area contributed by atoms with Gasteiger partial charge in [-0.15, -0.1) is 0 Å². The van der Waals surface area contributed by atoms with Crippen LogP contribution in [0.25, 0.3) is 10.9 Å². The Kier molecular flexibility index (Phi) is 6.74. The van der Waals surface area contributed by atoms with Crippen LogP contribution in [0.15, 0.2) is 30.7 Å². The molecule has 34 heavy (non-hydrogen) atoms. The van der Waals surface area contributed by atoms with Crippen molar-refractivity contribution in [2.75, 3.05) is 13.2 Å². The molecule has 4 rings (SSSR count). The molecule has 1 aliphatic carbocycles. The summed E-state index contributed by atoms with van der Waals surface area (Å²) in [5, 5.41) is 18.5. The van der Waals surface area contributed by atoms with E-state index in [0.717, 1.165) is 19.3 Å². The van der Waals surface area contributed by atoms with Gasteiger partial charge in [-0.25, -0.2) is 4.98 Å². The van der Waals surface area contributed by atoms with Crippen LogP contribution in [0.3, 0.4) is 0 Å². The second-order valence-corrected chi connectivity index (χ2v) is 8.76. The van der Waals surface area contributed by atoms with E-state index in [1.54, 1.807) is 29.9 Å². The van der Waals surface area contributed by atoms with Crippen molar-refractivity contribution in [1.29, 1.82) is 0 Å². The summed E-state index contributed by atoms with van der Waals surface area (Å²) in [4.78, 5) is 21.0. The second kappa shape index (κ2) is 9.57. The number of carbonyl (C=O) groups is 1. The van der Waals surface area contributed by atoms with Crippen molar-refractivity contribution in [2.24, 2.45) is 0 Å². The first-order valence-electron chi connectivity index (χ1n) is 11.1. The third kappa shape index (κ3) is 5.82. The van der Waals surface area contributed by atoms with Gasteiger partial charge < -0.3 is 15.2 Å². The average Bonchev–Trinajstić information content (AvgIpc) is 3.19. The van der Waals surface area contributed by atoms with E-state index < -0.39 is 18.4 Å². The molecule has 3 heterocycles. The van der Waals surface area contributed by atoms with E-state index in [1.165, 1.54) is 12.4 Å². The number of hydrogen-bond acceptors (Lipinski definition) is 6. The number of hydrogen-bond donors (Lipinski definition) is 2. The topological polar surface area (TPSA) is 102 Å². The number of fused-ring (bicyclic) bond motifs is 1. The molecule has 0 spiro atoms. The fourth-order valence-electron chi connectivity index (χ4n) is 4.17. The molecule has 1 fully saturated rings. The second-order valence-electron chi connectivity index (χ2n) is 8.76. The Labute approximate surface area is 194 Å². The van der Waals surface area contributed by atoms with Gasteiger partial charge in [-0.1, -0.05) is 19.3 Å². The van der Waals surface area contributed by atoms with Crippen LogP contribution in [0.5, 0.6) is 5.88 Å². The number of aromatic nitrogens is 4. The maximum atomic E-state index is 12.8. The van der Waals surface area contributed by atoms with Crippen molar-refractivity contribution in [1.82, 2.24) is 25.1 Å². The van der Waals surface area contributed by atoms with E-state index in [1.807, 2.05) is 0 Å². The van der Waals surface area contributed by atoms with Gasteiger partial charge in [-0.2, -0.15) is 18.3 Å². The van der Waals surface area contributed by atoms with E-state index in [0.29, 0.717) is 41.4 Å². The monoisotopic (exact) mass is 477 g/mol.